The number of fused-ring (bicyclic) bond motifs is 1. The number of esters is 1. The van der Waals surface area contributed by atoms with E-state index in [0.29, 0.717) is 56.1 Å². The molecule has 0 amide bonds. The second kappa shape index (κ2) is 14.8. The Labute approximate surface area is 286 Å². The minimum Gasteiger partial charge on any atom is -0.497 e. The number of methoxy groups -OCH3 is 1. The minimum absolute atomic E-state index is 0.168. The number of rotatable bonds is 11. The molecule has 8 nitrogen and oxygen atoms in total. The van der Waals surface area contributed by atoms with Gasteiger partial charge in [-0.15, -0.1) is 0 Å². The van der Waals surface area contributed by atoms with Crippen LogP contribution in [-0.4, -0.2) is 30.9 Å². The molecule has 1 aromatic heterocycles. The second-order valence-corrected chi connectivity index (χ2v) is 12.2. The molecule has 0 radical (unpaired) electrons. The molecule has 0 aliphatic carbocycles. The molecule has 0 bridgehead atoms. The van der Waals surface area contributed by atoms with Crippen LogP contribution in [0.4, 0.5) is 0 Å². The minimum atomic E-state index is -0.810. The number of carbonyl (C=O) groups excluding carboxylic acids is 1. The summed E-state index contributed by atoms with van der Waals surface area (Å²) in [5.41, 5.74) is 3.58. The third-order valence-electron chi connectivity index (χ3n) is 7.66. The van der Waals surface area contributed by atoms with Crippen LogP contribution in [0.5, 0.6) is 17.2 Å². The van der Waals surface area contributed by atoms with Gasteiger partial charge in [0.1, 0.15) is 12.4 Å². The molecular weight excluding hydrogens is 648 g/mol. The maximum Gasteiger partial charge on any atom is 0.338 e. The number of halogens is 1. The van der Waals surface area contributed by atoms with Gasteiger partial charge in [0.2, 0.25) is 0 Å². The van der Waals surface area contributed by atoms with Crippen molar-refractivity contribution in [3.63, 3.8) is 0 Å². The van der Waals surface area contributed by atoms with Crippen LogP contribution in [-0.2, 0) is 16.1 Å². The summed E-state index contributed by atoms with van der Waals surface area (Å²) in [5, 5.41) is 0.659. The first-order valence-corrected chi connectivity index (χ1v) is 16.7. The van der Waals surface area contributed by atoms with E-state index < -0.39 is 12.0 Å². The standard InChI is InChI=1S/C38H33ClN2O6S/c1-4-45-31-20-25(16-19-30(31)47-23-24-14-17-28(39)18-15-24)21-32-36(42)41-35(27-12-9-13-29(22-27)44-3)33(37(43)46-5-2)34(40-38(41)48-32)26-10-7-6-8-11-26/h6-22,35H,4-5,23H2,1-3H3/b32-21-/t35-/m1/s1. The lowest BCUT2D eigenvalue weighted by molar-refractivity contribution is -0.138. The molecule has 2 heterocycles. The van der Waals surface area contributed by atoms with Gasteiger partial charge < -0.3 is 18.9 Å². The fourth-order valence-electron chi connectivity index (χ4n) is 5.46. The first-order chi connectivity index (χ1) is 23.4. The molecule has 244 valence electrons. The zero-order chi connectivity index (χ0) is 33.6. The van der Waals surface area contributed by atoms with Crippen molar-refractivity contribution in [2.24, 2.45) is 4.99 Å². The van der Waals surface area contributed by atoms with E-state index in [1.165, 1.54) is 11.3 Å². The topological polar surface area (TPSA) is 88.4 Å². The maximum atomic E-state index is 14.3. The van der Waals surface area contributed by atoms with Crippen LogP contribution in [0.1, 0.15) is 42.1 Å². The summed E-state index contributed by atoms with van der Waals surface area (Å²) < 4.78 is 25.1. The SMILES string of the molecule is CCOC(=O)C1=C(c2ccccc2)N=c2s/c(=C\c3ccc(OCc4ccc(Cl)cc4)c(OCC)c3)c(=O)n2[C@@H]1c1cccc(OC)c1. The Morgan fingerprint density at radius 2 is 1.71 bits per heavy atom. The molecule has 0 unspecified atom stereocenters. The van der Waals surface area contributed by atoms with Gasteiger partial charge in [-0.2, -0.15) is 0 Å². The Balaban J connectivity index is 1.48. The van der Waals surface area contributed by atoms with Gasteiger partial charge >= 0.3 is 5.97 Å². The Kier molecular flexibility index (Phi) is 10.1. The fraction of sp³-hybridized carbons (Fsp3) is 0.184. The van der Waals surface area contributed by atoms with Gasteiger partial charge in [0.05, 0.1) is 42.2 Å². The molecule has 1 aliphatic heterocycles. The predicted octanol–water partition coefficient (Wildman–Crippen LogP) is 6.58. The Hall–Kier alpha value is -5.12. The molecule has 4 aromatic carbocycles. The lowest BCUT2D eigenvalue weighted by atomic mass is 9.93. The van der Waals surface area contributed by atoms with E-state index in [-0.39, 0.29) is 17.7 Å². The largest absolute Gasteiger partial charge is 0.497 e. The molecule has 1 aliphatic rings. The number of nitrogens with zero attached hydrogens (tertiary/aromatic N) is 2. The van der Waals surface area contributed by atoms with E-state index >= 15 is 0 Å². The molecule has 10 heteroatoms. The van der Waals surface area contributed by atoms with Crippen molar-refractivity contribution in [2.45, 2.75) is 26.5 Å². The maximum absolute atomic E-state index is 14.3. The van der Waals surface area contributed by atoms with Crippen LogP contribution in [0.15, 0.2) is 112 Å². The van der Waals surface area contributed by atoms with Crippen molar-refractivity contribution in [1.29, 1.82) is 0 Å². The third kappa shape index (κ3) is 6.93. The van der Waals surface area contributed by atoms with Gasteiger partial charge in [0.25, 0.3) is 5.56 Å². The van der Waals surface area contributed by atoms with Gasteiger partial charge in [0, 0.05) is 10.6 Å². The predicted molar refractivity (Wildman–Crippen MR) is 187 cm³/mol. The number of carbonyl (C=O) groups is 1. The number of benzene rings is 4. The normalized spacial score (nSPS) is 14.2. The highest BCUT2D eigenvalue weighted by atomic mass is 35.5. The van der Waals surface area contributed by atoms with E-state index in [2.05, 4.69) is 0 Å². The van der Waals surface area contributed by atoms with E-state index in [4.69, 9.17) is 35.5 Å². The summed E-state index contributed by atoms with van der Waals surface area (Å²) in [6.45, 7) is 4.59. The number of ether oxygens (including phenoxy) is 4. The molecule has 0 saturated heterocycles. The molecule has 48 heavy (non-hydrogen) atoms. The third-order valence-corrected chi connectivity index (χ3v) is 8.89. The quantitative estimate of drug-likeness (QED) is 0.147. The van der Waals surface area contributed by atoms with Crippen LogP contribution < -0.4 is 29.1 Å². The van der Waals surface area contributed by atoms with Crippen LogP contribution in [0.3, 0.4) is 0 Å². The summed E-state index contributed by atoms with van der Waals surface area (Å²) in [7, 11) is 1.58. The van der Waals surface area contributed by atoms with Crippen molar-refractivity contribution in [3.8, 4) is 17.2 Å². The van der Waals surface area contributed by atoms with Crippen molar-refractivity contribution in [1.82, 2.24) is 4.57 Å². The highest BCUT2D eigenvalue weighted by molar-refractivity contribution is 7.07. The average molecular weight is 681 g/mol. The summed E-state index contributed by atoms with van der Waals surface area (Å²) in [6.07, 6.45) is 1.80. The molecule has 0 saturated carbocycles. The average Bonchev–Trinajstić information content (AvgIpc) is 3.42. The molecule has 1 atom stereocenters. The van der Waals surface area contributed by atoms with Crippen LogP contribution in [0.2, 0.25) is 5.02 Å². The number of thiazole rings is 1. The zero-order valence-electron chi connectivity index (χ0n) is 26.6. The number of aromatic nitrogens is 1. The van der Waals surface area contributed by atoms with E-state index in [1.54, 1.807) is 24.7 Å². The molecule has 5 aromatic rings. The highest BCUT2D eigenvalue weighted by Crippen LogP contribution is 2.36. The molecule has 0 spiro atoms. The van der Waals surface area contributed by atoms with Gasteiger partial charge in [0.15, 0.2) is 16.3 Å². The molecule has 6 rings (SSSR count). The lowest BCUT2D eigenvalue weighted by Crippen LogP contribution is -2.40. The second-order valence-electron chi connectivity index (χ2n) is 10.8. The zero-order valence-corrected chi connectivity index (χ0v) is 28.2. The smallest absolute Gasteiger partial charge is 0.338 e. The van der Waals surface area contributed by atoms with Crippen LogP contribution >= 0.6 is 22.9 Å². The lowest BCUT2D eigenvalue weighted by Gasteiger charge is -2.26. The van der Waals surface area contributed by atoms with Crippen LogP contribution in [0.25, 0.3) is 11.8 Å². The summed E-state index contributed by atoms with van der Waals surface area (Å²) in [6, 6.07) is 29.0. The monoisotopic (exact) mass is 680 g/mol. The van der Waals surface area contributed by atoms with Gasteiger partial charge in [-0.3, -0.25) is 9.36 Å². The Morgan fingerprint density at radius 3 is 2.44 bits per heavy atom. The van der Waals surface area contributed by atoms with Crippen LogP contribution in [0, 0.1) is 0 Å². The highest BCUT2D eigenvalue weighted by Gasteiger charge is 2.35. The fourth-order valence-corrected chi connectivity index (χ4v) is 6.59. The van der Waals surface area contributed by atoms with Crippen molar-refractivity contribution < 1.29 is 23.7 Å². The first kappa shape index (κ1) is 32.8. The number of hydrogen-bond acceptors (Lipinski definition) is 8. The molecule has 0 N–H and O–H groups in total. The van der Waals surface area contributed by atoms with E-state index in [0.717, 1.165) is 16.7 Å². The summed E-state index contributed by atoms with van der Waals surface area (Å²) in [4.78, 5) is 33.4. The van der Waals surface area contributed by atoms with Gasteiger partial charge in [-0.1, -0.05) is 83.6 Å². The Morgan fingerprint density at radius 1 is 0.917 bits per heavy atom. The van der Waals surface area contributed by atoms with E-state index in [1.807, 2.05) is 104 Å². The summed E-state index contributed by atoms with van der Waals surface area (Å²) in [5.74, 6) is 1.18. The van der Waals surface area contributed by atoms with E-state index in [9.17, 15) is 9.59 Å². The molecular formula is C38H33ClN2O6S. The summed E-state index contributed by atoms with van der Waals surface area (Å²) >= 11 is 7.27. The van der Waals surface area contributed by atoms with Crippen molar-refractivity contribution >= 4 is 40.7 Å². The van der Waals surface area contributed by atoms with Gasteiger partial charge in [-0.05, 0) is 73.0 Å². The Bertz CT molecular complexity index is 2160. The molecule has 0 fully saturated rings. The van der Waals surface area contributed by atoms with Gasteiger partial charge in [-0.25, -0.2) is 9.79 Å². The van der Waals surface area contributed by atoms with Crippen molar-refractivity contribution in [3.05, 3.63) is 150 Å². The first-order valence-electron chi connectivity index (χ1n) is 15.5. The number of hydrogen-bond donors (Lipinski definition) is 0. The van der Waals surface area contributed by atoms with Crippen molar-refractivity contribution in [2.75, 3.05) is 20.3 Å².